The van der Waals surface area contributed by atoms with Gasteiger partial charge in [0.05, 0.1) is 7.11 Å². The van der Waals surface area contributed by atoms with Gasteiger partial charge in [0.25, 0.3) is 0 Å². The third-order valence-electron chi connectivity index (χ3n) is 1.96. The maximum atomic E-state index is 11.5. The predicted octanol–water partition coefficient (Wildman–Crippen LogP) is 1.67. The molecule has 0 radical (unpaired) electrons. The van der Waals surface area contributed by atoms with Gasteiger partial charge in [-0.3, -0.25) is 0 Å². The Morgan fingerprint density at radius 3 is 2.71 bits per heavy atom. The highest BCUT2D eigenvalue weighted by atomic mass is 31.2. The van der Waals surface area contributed by atoms with Gasteiger partial charge in [-0.1, -0.05) is 0 Å². The molecule has 0 amide bonds. The Morgan fingerprint density at radius 1 is 1.36 bits per heavy atom. The topological polar surface area (TPSA) is 74.2 Å². The van der Waals surface area contributed by atoms with Crippen LogP contribution in [-0.4, -0.2) is 12.2 Å². The zero-order valence-corrected chi connectivity index (χ0v) is 7.91. The van der Waals surface area contributed by atoms with Gasteiger partial charge >= 0.3 is 7.82 Å². The van der Waals surface area contributed by atoms with E-state index in [2.05, 4.69) is 0 Å². The van der Waals surface area contributed by atoms with Gasteiger partial charge in [0.15, 0.2) is 11.5 Å². The molecule has 1 atom stereocenters. The van der Waals surface area contributed by atoms with Gasteiger partial charge in [-0.25, -0.2) is 0 Å². The molecule has 1 unspecified atom stereocenters. The minimum atomic E-state index is -3.50. The highest BCUT2D eigenvalue weighted by Crippen LogP contribution is 2.72. The number of ether oxygens (including phenoxy) is 1. The summed E-state index contributed by atoms with van der Waals surface area (Å²) in [4.78, 5) is 0. The van der Waals surface area contributed by atoms with Crippen molar-refractivity contribution in [3.63, 3.8) is 0 Å². The normalized spacial score (nSPS) is 25.2. The molecule has 1 N–H and O–H groups in total. The van der Waals surface area contributed by atoms with E-state index in [0.717, 1.165) is 0 Å². The van der Waals surface area contributed by atoms with Crippen LogP contribution in [0.1, 0.15) is 0 Å². The summed E-state index contributed by atoms with van der Waals surface area (Å²) in [5, 5.41) is 9.43. The molecule has 0 fully saturated rings. The number of phenols is 1. The highest BCUT2D eigenvalue weighted by Gasteiger charge is 2.52. The van der Waals surface area contributed by atoms with Crippen LogP contribution in [0.15, 0.2) is 6.07 Å². The second kappa shape index (κ2) is 2.09. The smallest absolute Gasteiger partial charge is 0.504 e. The molecule has 3 rings (SSSR count). The fourth-order valence-corrected chi connectivity index (χ4v) is 2.70. The first-order chi connectivity index (χ1) is 6.63. The zero-order valence-electron chi connectivity index (χ0n) is 7.01. The molecule has 1 aromatic rings. The number of benzene rings is 1. The Balaban J connectivity index is 2.33. The molecule has 2 bridgehead atoms. The minimum absolute atomic E-state index is 0.102. The quantitative estimate of drug-likeness (QED) is 0.719. The van der Waals surface area contributed by atoms with Gasteiger partial charge in [0.2, 0.25) is 17.2 Å². The summed E-state index contributed by atoms with van der Waals surface area (Å²) < 4.78 is 31.0. The van der Waals surface area contributed by atoms with Gasteiger partial charge < -0.3 is 23.4 Å². The van der Waals surface area contributed by atoms with E-state index in [1.54, 1.807) is 0 Å². The van der Waals surface area contributed by atoms with Crippen LogP contribution in [0.4, 0.5) is 0 Å². The molecule has 0 spiro atoms. The fraction of sp³-hybridized carbons (Fsp3) is 0.143. The number of methoxy groups -OCH3 is 1. The molecule has 0 aromatic heterocycles. The van der Waals surface area contributed by atoms with Crippen molar-refractivity contribution in [1.82, 2.24) is 0 Å². The van der Waals surface area contributed by atoms with Crippen LogP contribution in [0.25, 0.3) is 0 Å². The number of rotatable bonds is 1. The van der Waals surface area contributed by atoms with E-state index in [-0.39, 0.29) is 28.7 Å². The summed E-state index contributed by atoms with van der Waals surface area (Å²) in [6, 6.07) is 1.28. The molecular formula is C7H5O6P. The molecule has 1 aromatic carbocycles. The van der Waals surface area contributed by atoms with Crippen molar-refractivity contribution >= 4 is 7.82 Å². The molecule has 14 heavy (non-hydrogen) atoms. The lowest BCUT2D eigenvalue weighted by Gasteiger charge is -2.13. The molecule has 0 saturated heterocycles. The second-order valence-corrected chi connectivity index (χ2v) is 4.25. The SMILES string of the molecule is COc1c(O)cc2c3c1OP(=O)(O2)O3. The van der Waals surface area contributed by atoms with E-state index in [0.29, 0.717) is 0 Å². The van der Waals surface area contributed by atoms with Crippen LogP contribution < -0.4 is 18.3 Å². The van der Waals surface area contributed by atoms with Gasteiger partial charge in [-0.2, -0.15) is 4.57 Å². The maximum absolute atomic E-state index is 11.5. The predicted molar refractivity (Wildman–Crippen MR) is 44.1 cm³/mol. The largest absolute Gasteiger partial charge is 0.647 e. The number of fused-ring (bicyclic) bond motifs is 1. The average molecular weight is 216 g/mol. The van der Waals surface area contributed by atoms with Crippen molar-refractivity contribution in [2.24, 2.45) is 0 Å². The van der Waals surface area contributed by atoms with Gasteiger partial charge in [0.1, 0.15) is 0 Å². The van der Waals surface area contributed by atoms with Crippen molar-refractivity contribution in [2.45, 2.75) is 0 Å². The minimum Gasteiger partial charge on any atom is -0.504 e. The van der Waals surface area contributed by atoms with Gasteiger partial charge in [0, 0.05) is 6.07 Å². The number of hydrogen-bond donors (Lipinski definition) is 1. The lowest BCUT2D eigenvalue weighted by molar-refractivity contribution is 0.327. The van der Waals surface area contributed by atoms with Crippen molar-refractivity contribution < 1.29 is 28.0 Å². The number of phenolic OH excluding ortho intramolecular Hbond substituents is 1. The van der Waals surface area contributed by atoms with E-state index in [1.807, 2.05) is 0 Å². The molecule has 0 aliphatic carbocycles. The average Bonchev–Trinajstić information content (AvgIpc) is 2.57. The van der Waals surface area contributed by atoms with E-state index in [9.17, 15) is 9.67 Å². The summed E-state index contributed by atoms with van der Waals surface area (Å²) in [6.07, 6.45) is 0. The lowest BCUT2D eigenvalue weighted by Crippen LogP contribution is -1.99. The zero-order chi connectivity index (χ0) is 9.92. The molecule has 2 heterocycles. The van der Waals surface area contributed by atoms with Crippen molar-refractivity contribution in [1.29, 1.82) is 0 Å². The van der Waals surface area contributed by atoms with Gasteiger partial charge in [-0.05, 0) is 0 Å². The Morgan fingerprint density at radius 2 is 2.07 bits per heavy atom. The fourth-order valence-electron chi connectivity index (χ4n) is 1.42. The summed E-state index contributed by atoms with van der Waals surface area (Å²) in [5.74, 6) is 0.538. The first kappa shape index (κ1) is 7.82. The number of hydrogen-bond acceptors (Lipinski definition) is 6. The number of aromatic hydroxyl groups is 1. The lowest BCUT2D eigenvalue weighted by atomic mass is 10.2. The number of phosphoric acid groups is 1. The molecule has 6 nitrogen and oxygen atoms in total. The Bertz CT molecular complexity index is 482. The molecule has 7 heteroatoms. The molecule has 2 aliphatic rings. The second-order valence-electron chi connectivity index (χ2n) is 2.81. The third-order valence-corrected chi connectivity index (χ3v) is 3.19. The molecular weight excluding hydrogens is 211 g/mol. The van der Waals surface area contributed by atoms with E-state index >= 15 is 0 Å². The third kappa shape index (κ3) is 0.743. The summed E-state index contributed by atoms with van der Waals surface area (Å²) in [5.41, 5.74) is 0. The molecule has 74 valence electrons. The Kier molecular flexibility index (Phi) is 1.17. The van der Waals surface area contributed by atoms with Crippen molar-refractivity contribution in [3.05, 3.63) is 6.07 Å². The van der Waals surface area contributed by atoms with Crippen LogP contribution in [-0.2, 0) is 4.57 Å². The first-order valence-electron chi connectivity index (χ1n) is 3.76. The van der Waals surface area contributed by atoms with E-state index in [1.165, 1.54) is 13.2 Å². The summed E-state index contributed by atoms with van der Waals surface area (Å²) in [7, 11) is -2.13. The van der Waals surface area contributed by atoms with Crippen LogP contribution in [0.5, 0.6) is 28.7 Å². The van der Waals surface area contributed by atoms with Crippen molar-refractivity contribution in [3.8, 4) is 28.7 Å². The summed E-state index contributed by atoms with van der Waals surface area (Å²) in [6.45, 7) is 0. The Hall–Kier alpha value is -1.55. The number of phosphoric ester groups is 1. The first-order valence-corrected chi connectivity index (χ1v) is 5.22. The van der Waals surface area contributed by atoms with Crippen LogP contribution in [0.2, 0.25) is 0 Å². The van der Waals surface area contributed by atoms with Crippen LogP contribution >= 0.6 is 7.82 Å². The molecule has 0 saturated carbocycles. The maximum Gasteiger partial charge on any atom is 0.647 e. The molecule has 2 aliphatic heterocycles. The standard InChI is InChI=1S/C7H5O6P/c1-10-5-3(8)2-4-6-7(5)13-14(9,11-4)12-6/h2,8H,1H3. The summed E-state index contributed by atoms with van der Waals surface area (Å²) >= 11 is 0. The van der Waals surface area contributed by atoms with Crippen molar-refractivity contribution in [2.75, 3.05) is 7.11 Å². The van der Waals surface area contributed by atoms with Crippen LogP contribution in [0.3, 0.4) is 0 Å². The Labute approximate surface area is 78.6 Å². The monoisotopic (exact) mass is 216 g/mol. The highest BCUT2D eigenvalue weighted by molar-refractivity contribution is 7.50. The van der Waals surface area contributed by atoms with E-state index < -0.39 is 7.82 Å². The van der Waals surface area contributed by atoms with E-state index in [4.69, 9.17) is 18.3 Å². The van der Waals surface area contributed by atoms with Gasteiger partial charge in [-0.15, -0.1) is 0 Å². The van der Waals surface area contributed by atoms with Crippen LogP contribution in [0, 0.1) is 0 Å².